The lowest BCUT2D eigenvalue weighted by Gasteiger charge is -2.39. The van der Waals surface area contributed by atoms with E-state index in [1.54, 1.807) is 0 Å². The molecule has 0 amide bonds. The standard InChI is InChI=1S/C19H29N6O/c1-13(2)16-8-18(24-23-16)22-19-9-20-17-11-25(3,6-4-15(17)21-19)10-14-5-7-26-12-14/h8-9,13-14H,4-7,10-12H2,1-3H3,(H2,21,22,23,24)/q+1/t14-,25?/m1/s1. The molecule has 4 heterocycles. The Morgan fingerprint density at radius 2 is 2.23 bits per heavy atom. The van der Waals surface area contributed by atoms with Crippen molar-refractivity contribution in [1.82, 2.24) is 20.2 Å². The molecule has 2 aromatic heterocycles. The lowest BCUT2D eigenvalue weighted by Crippen LogP contribution is -2.50. The summed E-state index contributed by atoms with van der Waals surface area (Å²) in [6.07, 6.45) is 3.99. The van der Waals surface area contributed by atoms with E-state index in [2.05, 4.69) is 36.4 Å². The van der Waals surface area contributed by atoms with E-state index in [0.29, 0.717) is 11.8 Å². The van der Waals surface area contributed by atoms with E-state index >= 15 is 0 Å². The van der Waals surface area contributed by atoms with Gasteiger partial charge in [0.25, 0.3) is 0 Å². The summed E-state index contributed by atoms with van der Waals surface area (Å²) in [5.74, 6) is 2.67. The predicted molar refractivity (Wildman–Crippen MR) is 100 cm³/mol. The van der Waals surface area contributed by atoms with Crippen LogP contribution in [0.25, 0.3) is 0 Å². The molecule has 7 nitrogen and oxygen atoms in total. The van der Waals surface area contributed by atoms with Gasteiger partial charge in [-0.3, -0.25) is 5.10 Å². The second kappa shape index (κ2) is 6.96. The molecule has 0 aliphatic carbocycles. The van der Waals surface area contributed by atoms with Gasteiger partial charge in [0.2, 0.25) is 0 Å². The number of H-pyrrole nitrogens is 1. The number of anilines is 2. The summed E-state index contributed by atoms with van der Waals surface area (Å²) < 4.78 is 6.59. The maximum Gasteiger partial charge on any atom is 0.153 e. The molecule has 1 unspecified atom stereocenters. The molecule has 2 aliphatic rings. The Labute approximate surface area is 154 Å². The fraction of sp³-hybridized carbons (Fsp3) is 0.632. The molecule has 7 heteroatoms. The van der Waals surface area contributed by atoms with E-state index in [0.717, 1.165) is 65.9 Å². The van der Waals surface area contributed by atoms with E-state index < -0.39 is 0 Å². The van der Waals surface area contributed by atoms with Gasteiger partial charge in [-0.2, -0.15) is 5.10 Å². The zero-order valence-electron chi connectivity index (χ0n) is 16.0. The van der Waals surface area contributed by atoms with Crippen molar-refractivity contribution in [2.24, 2.45) is 5.92 Å². The van der Waals surface area contributed by atoms with Gasteiger partial charge in [-0.15, -0.1) is 0 Å². The van der Waals surface area contributed by atoms with Crippen molar-refractivity contribution >= 4 is 11.6 Å². The van der Waals surface area contributed by atoms with Gasteiger partial charge in [0.05, 0.1) is 38.6 Å². The third-order valence-electron chi connectivity index (χ3n) is 5.55. The first-order valence-corrected chi connectivity index (χ1v) is 9.59. The smallest absolute Gasteiger partial charge is 0.153 e. The number of aromatic nitrogens is 4. The molecular formula is C19H29N6O+. The average molecular weight is 357 g/mol. The highest BCUT2D eigenvalue weighted by Gasteiger charge is 2.34. The van der Waals surface area contributed by atoms with Gasteiger partial charge in [-0.25, -0.2) is 9.97 Å². The van der Waals surface area contributed by atoms with E-state index in [9.17, 15) is 0 Å². The molecule has 0 spiro atoms. The van der Waals surface area contributed by atoms with Crippen molar-refractivity contribution in [2.45, 2.75) is 39.2 Å². The SMILES string of the molecule is CC(C)c1cc(Nc2cnc3c(n2)CC[N+](C)(C[C@H]2CCOC2)C3)n[nH]1. The Hall–Kier alpha value is -1.99. The first-order chi connectivity index (χ1) is 12.5. The molecule has 0 bridgehead atoms. The molecule has 1 fully saturated rings. The quantitative estimate of drug-likeness (QED) is 0.805. The van der Waals surface area contributed by atoms with Crippen molar-refractivity contribution in [3.05, 3.63) is 29.3 Å². The Morgan fingerprint density at radius 3 is 2.96 bits per heavy atom. The molecule has 26 heavy (non-hydrogen) atoms. The molecule has 0 saturated carbocycles. The minimum atomic E-state index is 0.424. The molecule has 4 rings (SSSR count). The van der Waals surface area contributed by atoms with Crippen molar-refractivity contribution in [3.63, 3.8) is 0 Å². The lowest BCUT2D eigenvalue weighted by molar-refractivity contribution is -0.927. The number of aromatic amines is 1. The van der Waals surface area contributed by atoms with Gasteiger partial charge in [0.1, 0.15) is 18.1 Å². The predicted octanol–water partition coefficient (Wildman–Crippen LogP) is 2.61. The number of hydrogen-bond acceptors (Lipinski definition) is 5. The summed E-state index contributed by atoms with van der Waals surface area (Å²) >= 11 is 0. The molecule has 2 aliphatic heterocycles. The molecular weight excluding hydrogens is 328 g/mol. The number of ether oxygens (including phenoxy) is 1. The van der Waals surface area contributed by atoms with Crippen LogP contribution >= 0.6 is 0 Å². The average Bonchev–Trinajstić information content (AvgIpc) is 3.27. The highest BCUT2D eigenvalue weighted by atomic mass is 16.5. The van der Waals surface area contributed by atoms with E-state index in [-0.39, 0.29) is 0 Å². The van der Waals surface area contributed by atoms with Crippen LogP contribution in [0.3, 0.4) is 0 Å². The summed E-state index contributed by atoms with van der Waals surface area (Å²) in [7, 11) is 2.34. The van der Waals surface area contributed by atoms with Crippen LogP contribution < -0.4 is 5.32 Å². The Bertz CT molecular complexity index is 767. The van der Waals surface area contributed by atoms with Crippen LogP contribution in [0.2, 0.25) is 0 Å². The Kier molecular flexibility index (Phi) is 4.67. The van der Waals surface area contributed by atoms with Gasteiger partial charge < -0.3 is 14.5 Å². The number of hydrogen-bond donors (Lipinski definition) is 2. The Balaban J connectivity index is 1.44. The second-order valence-electron chi connectivity index (χ2n) is 8.30. The third kappa shape index (κ3) is 3.73. The van der Waals surface area contributed by atoms with Gasteiger partial charge in [-0.05, 0) is 12.3 Å². The molecule has 0 radical (unpaired) electrons. The highest BCUT2D eigenvalue weighted by molar-refractivity contribution is 5.51. The van der Waals surface area contributed by atoms with Gasteiger partial charge in [0, 0.05) is 30.7 Å². The number of nitrogens with zero attached hydrogens (tertiary/aromatic N) is 4. The van der Waals surface area contributed by atoms with Crippen molar-refractivity contribution < 1.29 is 9.22 Å². The van der Waals surface area contributed by atoms with Crippen molar-refractivity contribution in [3.8, 4) is 0 Å². The van der Waals surface area contributed by atoms with Crippen LogP contribution in [0.4, 0.5) is 11.6 Å². The second-order valence-corrected chi connectivity index (χ2v) is 8.30. The normalized spacial score (nSPS) is 25.5. The summed E-state index contributed by atoms with van der Waals surface area (Å²) in [6, 6.07) is 2.03. The minimum Gasteiger partial charge on any atom is -0.381 e. The number of nitrogens with one attached hydrogen (secondary N) is 2. The van der Waals surface area contributed by atoms with Crippen LogP contribution in [0.15, 0.2) is 12.3 Å². The largest absolute Gasteiger partial charge is 0.381 e. The molecule has 0 aromatic carbocycles. The van der Waals surface area contributed by atoms with Gasteiger partial charge in [-0.1, -0.05) is 13.8 Å². The van der Waals surface area contributed by atoms with Gasteiger partial charge in [0.15, 0.2) is 5.82 Å². The fourth-order valence-electron chi connectivity index (χ4n) is 4.00. The van der Waals surface area contributed by atoms with Crippen LogP contribution in [-0.2, 0) is 17.7 Å². The molecule has 1 saturated heterocycles. The molecule has 2 aromatic rings. The highest BCUT2D eigenvalue weighted by Crippen LogP contribution is 2.26. The van der Waals surface area contributed by atoms with Crippen molar-refractivity contribution in [1.29, 1.82) is 0 Å². The summed E-state index contributed by atoms with van der Waals surface area (Å²) in [6.45, 7) is 9.36. The first kappa shape index (κ1) is 17.4. The molecule has 2 N–H and O–H groups in total. The number of likely N-dealkylation sites (N-methyl/N-ethyl adjacent to an activating group) is 1. The van der Waals surface area contributed by atoms with E-state index in [4.69, 9.17) is 14.7 Å². The number of quaternary nitrogens is 1. The zero-order chi connectivity index (χ0) is 18.1. The lowest BCUT2D eigenvalue weighted by atomic mass is 10.0. The van der Waals surface area contributed by atoms with Crippen LogP contribution in [0, 0.1) is 5.92 Å². The molecule has 140 valence electrons. The Morgan fingerprint density at radius 1 is 1.35 bits per heavy atom. The van der Waals surface area contributed by atoms with E-state index in [1.807, 2.05) is 12.3 Å². The van der Waals surface area contributed by atoms with Gasteiger partial charge >= 0.3 is 0 Å². The fourth-order valence-corrected chi connectivity index (χ4v) is 4.00. The number of rotatable bonds is 5. The molecule has 2 atom stereocenters. The van der Waals surface area contributed by atoms with Crippen molar-refractivity contribution in [2.75, 3.05) is 38.7 Å². The minimum absolute atomic E-state index is 0.424. The first-order valence-electron chi connectivity index (χ1n) is 9.59. The van der Waals surface area contributed by atoms with Crippen LogP contribution in [0.5, 0.6) is 0 Å². The van der Waals surface area contributed by atoms with E-state index in [1.165, 1.54) is 13.0 Å². The number of fused-ring (bicyclic) bond motifs is 1. The third-order valence-corrected chi connectivity index (χ3v) is 5.55. The summed E-state index contributed by atoms with van der Waals surface area (Å²) in [5, 5.41) is 10.6. The maximum atomic E-state index is 5.55. The maximum absolute atomic E-state index is 5.55. The monoisotopic (exact) mass is 357 g/mol. The zero-order valence-corrected chi connectivity index (χ0v) is 16.0. The van der Waals surface area contributed by atoms with Crippen LogP contribution in [0.1, 0.15) is 43.3 Å². The summed E-state index contributed by atoms with van der Waals surface area (Å²) in [4.78, 5) is 9.52. The topological polar surface area (TPSA) is 75.7 Å². The van der Waals surface area contributed by atoms with Crippen LogP contribution in [-0.4, -0.2) is 58.0 Å². The summed E-state index contributed by atoms with van der Waals surface area (Å²) in [5.41, 5.74) is 3.36.